The smallest absolute Gasteiger partial charge is 0.420 e. The number of rotatable bonds is 6. The highest BCUT2D eigenvalue weighted by Crippen LogP contribution is 2.44. The van der Waals surface area contributed by atoms with Gasteiger partial charge in [0.05, 0.1) is 28.3 Å². The molecule has 0 unspecified atom stereocenters. The van der Waals surface area contributed by atoms with Crippen molar-refractivity contribution in [3.8, 4) is 0 Å². The Morgan fingerprint density at radius 1 is 1.21 bits per heavy atom. The first-order chi connectivity index (χ1) is 15.2. The van der Waals surface area contributed by atoms with Crippen molar-refractivity contribution in [2.45, 2.75) is 39.5 Å². The quantitative estimate of drug-likeness (QED) is 0.203. The molecule has 0 saturated heterocycles. The van der Waals surface area contributed by atoms with Gasteiger partial charge in [-0.15, -0.1) is 0 Å². The summed E-state index contributed by atoms with van der Waals surface area (Å²) in [6.45, 7) is 10.2. The third kappa shape index (κ3) is 5.02. The molecular formula is C22H22F4N4O3. The lowest BCUT2D eigenvalue weighted by atomic mass is 10.0. The molecule has 1 aliphatic rings. The molecule has 33 heavy (non-hydrogen) atoms. The van der Waals surface area contributed by atoms with E-state index in [4.69, 9.17) is 4.74 Å². The minimum atomic E-state index is -4.81. The molecule has 2 aromatic rings. The van der Waals surface area contributed by atoms with E-state index in [0.29, 0.717) is 6.41 Å². The van der Waals surface area contributed by atoms with Gasteiger partial charge in [0.1, 0.15) is 17.0 Å². The first-order valence-electron chi connectivity index (χ1n) is 9.73. The van der Waals surface area contributed by atoms with E-state index in [1.807, 2.05) is 0 Å². The monoisotopic (exact) mass is 466 g/mol. The number of aryl methyl sites for hydroxylation is 1. The average Bonchev–Trinajstić information content (AvgIpc) is 3.11. The molecule has 2 amide bonds. The fourth-order valence-electron chi connectivity index (χ4n) is 3.46. The predicted molar refractivity (Wildman–Crippen MR) is 117 cm³/mol. The van der Waals surface area contributed by atoms with Gasteiger partial charge in [0.2, 0.25) is 6.41 Å². The van der Waals surface area contributed by atoms with Gasteiger partial charge in [-0.1, -0.05) is 0 Å². The van der Waals surface area contributed by atoms with Gasteiger partial charge < -0.3 is 25.7 Å². The summed E-state index contributed by atoms with van der Waals surface area (Å²) in [7, 11) is 0. The van der Waals surface area contributed by atoms with Gasteiger partial charge in [-0.25, -0.2) is 4.39 Å². The van der Waals surface area contributed by atoms with Crippen LogP contribution in [0.4, 0.5) is 34.6 Å². The standard InChI is InChI=1S/C22H22F4N4O3/c1-10-18(29-11(2)33-21(3,4)5)17(22(24,25)26)15(28-10)8-14-13-6-12(23)7-16(27-9-31)19(13)30-20(14)32/h6-9,28-29H,2H2,1,3-5H3,(H,27,31)(H,30,32)/b14-8-. The van der Waals surface area contributed by atoms with Crippen LogP contribution in [0.3, 0.4) is 0 Å². The maximum atomic E-state index is 14.1. The molecule has 7 nitrogen and oxygen atoms in total. The van der Waals surface area contributed by atoms with Gasteiger partial charge in [-0.2, -0.15) is 13.2 Å². The predicted octanol–water partition coefficient (Wildman–Crippen LogP) is 5.24. The number of nitrogens with one attached hydrogen (secondary N) is 4. The number of hydrogen-bond acceptors (Lipinski definition) is 4. The van der Waals surface area contributed by atoms with E-state index in [-0.39, 0.29) is 39.8 Å². The van der Waals surface area contributed by atoms with E-state index >= 15 is 0 Å². The molecule has 0 fully saturated rings. The molecular weight excluding hydrogens is 444 g/mol. The van der Waals surface area contributed by atoms with E-state index in [0.717, 1.165) is 18.2 Å². The van der Waals surface area contributed by atoms with Crippen LogP contribution in [0.5, 0.6) is 0 Å². The van der Waals surface area contributed by atoms with Crippen molar-refractivity contribution in [2.75, 3.05) is 16.0 Å². The van der Waals surface area contributed by atoms with Crippen molar-refractivity contribution in [3.05, 3.63) is 52.9 Å². The number of carbonyl (C=O) groups is 2. The van der Waals surface area contributed by atoms with Crippen molar-refractivity contribution < 1.29 is 31.9 Å². The lowest BCUT2D eigenvalue weighted by Gasteiger charge is -2.24. The molecule has 4 N–H and O–H groups in total. The number of aromatic nitrogens is 1. The average molecular weight is 466 g/mol. The highest BCUT2D eigenvalue weighted by Gasteiger charge is 2.39. The Kier molecular flexibility index (Phi) is 6.01. The van der Waals surface area contributed by atoms with E-state index in [9.17, 15) is 27.2 Å². The number of halogens is 4. The first kappa shape index (κ1) is 23.9. The minimum absolute atomic E-state index is 0.0136. The molecule has 1 aromatic heterocycles. The van der Waals surface area contributed by atoms with E-state index in [2.05, 4.69) is 27.5 Å². The zero-order chi connectivity index (χ0) is 24.7. The zero-order valence-electron chi connectivity index (χ0n) is 18.3. The van der Waals surface area contributed by atoms with Gasteiger partial charge >= 0.3 is 6.18 Å². The molecule has 2 heterocycles. The van der Waals surface area contributed by atoms with Crippen LogP contribution < -0.4 is 16.0 Å². The Morgan fingerprint density at radius 2 is 1.88 bits per heavy atom. The molecule has 0 bridgehead atoms. The number of ether oxygens (including phenoxy) is 1. The fourth-order valence-corrected chi connectivity index (χ4v) is 3.46. The SMILES string of the molecule is C=C(Nc1c(C)[nH]c(/C=C2\C(=O)Nc3c(NC=O)cc(F)cc32)c1C(F)(F)F)OC(C)(C)C. The summed E-state index contributed by atoms with van der Waals surface area (Å²) in [4.78, 5) is 25.9. The van der Waals surface area contributed by atoms with Crippen LogP contribution in [0.1, 0.15) is 43.3 Å². The largest absolute Gasteiger partial charge is 0.474 e. The third-order valence-electron chi connectivity index (χ3n) is 4.57. The summed E-state index contributed by atoms with van der Waals surface area (Å²) in [6.07, 6.45) is -3.53. The van der Waals surface area contributed by atoms with Crippen LogP contribution in [-0.2, 0) is 20.5 Å². The van der Waals surface area contributed by atoms with Crippen LogP contribution >= 0.6 is 0 Å². The number of anilines is 3. The van der Waals surface area contributed by atoms with Crippen LogP contribution in [0, 0.1) is 12.7 Å². The minimum Gasteiger partial charge on any atom is -0.474 e. The number of aromatic amines is 1. The first-order valence-corrected chi connectivity index (χ1v) is 9.73. The molecule has 11 heteroatoms. The number of fused-ring (bicyclic) bond motifs is 1. The second-order valence-corrected chi connectivity index (χ2v) is 8.32. The molecule has 3 rings (SSSR count). The normalized spacial score (nSPS) is 14.7. The van der Waals surface area contributed by atoms with E-state index < -0.39 is 34.8 Å². The molecule has 1 aliphatic heterocycles. The second kappa shape index (κ2) is 8.30. The summed E-state index contributed by atoms with van der Waals surface area (Å²) < 4.78 is 61.6. The summed E-state index contributed by atoms with van der Waals surface area (Å²) in [5.41, 5.74) is -2.51. The van der Waals surface area contributed by atoms with Crippen molar-refractivity contribution in [1.82, 2.24) is 4.98 Å². The van der Waals surface area contributed by atoms with Gasteiger partial charge in [-0.3, -0.25) is 9.59 Å². The van der Waals surface area contributed by atoms with Gasteiger partial charge in [-0.05, 0) is 52.5 Å². The van der Waals surface area contributed by atoms with Crippen LogP contribution in [0.2, 0.25) is 0 Å². The van der Waals surface area contributed by atoms with Gasteiger partial charge in [0.15, 0.2) is 5.88 Å². The molecule has 0 aliphatic carbocycles. The number of amides is 2. The Balaban J connectivity index is 2.13. The van der Waals surface area contributed by atoms with Crippen molar-refractivity contribution in [3.63, 3.8) is 0 Å². The van der Waals surface area contributed by atoms with E-state index in [1.54, 1.807) is 20.8 Å². The Labute approximate surface area is 186 Å². The van der Waals surface area contributed by atoms with Gasteiger partial charge in [0, 0.05) is 11.3 Å². The van der Waals surface area contributed by atoms with Crippen LogP contribution in [0.15, 0.2) is 24.6 Å². The third-order valence-corrected chi connectivity index (χ3v) is 4.57. The summed E-state index contributed by atoms with van der Waals surface area (Å²) in [5.74, 6) is -1.62. The summed E-state index contributed by atoms with van der Waals surface area (Å²) in [6, 6.07) is 1.98. The number of H-pyrrole nitrogens is 1. The maximum absolute atomic E-state index is 14.1. The molecule has 1 aromatic carbocycles. The molecule has 0 radical (unpaired) electrons. The lowest BCUT2D eigenvalue weighted by molar-refractivity contribution is -0.137. The number of benzene rings is 1. The lowest BCUT2D eigenvalue weighted by Crippen LogP contribution is -2.22. The Bertz CT molecular complexity index is 1170. The number of alkyl halides is 3. The van der Waals surface area contributed by atoms with Gasteiger partial charge in [0.25, 0.3) is 5.91 Å². The van der Waals surface area contributed by atoms with Crippen LogP contribution in [-0.4, -0.2) is 22.9 Å². The van der Waals surface area contributed by atoms with Crippen molar-refractivity contribution >= 4 is 41.0 Å². The number of hydrogen-bond donors (Lipinski definition) is 4. The van der Waals surface area contributed by atoms with E-state index in [1.165, 1.54) is 6.92 Å². The maximum Gasteiger partial charge on any atom is 0.420 e. The van der Waals surface area contributed by atoms with Crippen molar-refractivity contribution in [2.24, 2.45) is 0 Å². The summed E-state index contributed by atoms with van der Waals surface area (Å²) >= 11 is 0. The Morgan fingerprint density at radius 3 is 2.45 bits per heavy atom. The highest BCUT2D eigenvalue weighted by atomic mass is 19.4. The molecule has 176 valence electrons. The molecule has 0 saturated carbocycles. The zero-order valence-corrected chi connectivity index (χ0v) is 18.3. The fraction of sp³-hybridized carbons (Fsp3) is 0.273. The summed E-state index contributed by atoms with van der Waals surface area (Å²) in [5, 5.41) is 7.25. The highest BCUT2D eigenvalue weighted by molar-refractivity contribution is 6.36. The molecule has 0 spiro atoms. The Hall–Kier alpha value is -3.76. The molecule has 0 atom stereocenters. The number of carbonyl (C=O) groups excluding carboxylic acids is 2. The van der Waals surface area contributed by atoms with Crippen molar-refractivity contribution in [1.29, 1.82) is 0 Å². The second-order valence-electron chi connectivity index (χ2n) is 8.32. The van der Waals surface area contributed by atoms with Crippen LogP contribution in [0.25, 0.3) is 11.6 Å². The topological polar surface area (TPSA) is 95.3 Å².